The van der Waals surface area contributed by atoms with E-state index in [0.717, 1.165) is 56.1 Å². The smallest absolute Gasteiger partial charge is 0.275 e. The lowest BCUT2D eigenvalue weighted by molar-refractivity contribution is 0.0789. The highest BCUT2D eigenvalue weighted by molar-refractivity contribution is 7.09. The third-order valence-electron chi connectivity index (χ3n) is 5.64. The molecule has 2 aliphatic heterocycles. The Bertz CT molecular complexity index is 868. The Balaban J connectivity index is 1.35. The zero-order chi connectivity index (χ0) is 20.2. The minimum atomic E-state index is -0.291. The molecule has 2 saturated heterocycles. The van der Waals surface area contributed by atoms with Crippen LogP contribution >= 0.6 is 11.5 Å². The summed E-state index contributed by atoms with van der Waals surface area (Å²) in [5.74, 6) is -0.468. The first-order chi connectivity index (χ1) is 14.1. The molecule has 7 nitrogen and oxygen atoms in total. The van der Waals surface area contributed by atoms with E-state index in [1.165, 1.54) is 24.9 Å². The lowest BCUT2D eigenvalue weighted by Crippen LogP contribution is -2.29. The summed E-state index contributed by atoms with van der Waals surface area (Å²) >= 11 is 0.987. The zero-order valence-corrected chi connectivity index (χ0v) is 17.3. The van der Waals surface area contributed by atoms with Crippen molar-refractivity contribution >= 4 is 34.7 Å². The van der Waals surface area contributed by atoms with Crippen LogP contribution in [0.3, 0.4) is 0 Å². The Morgan fingerprint density at radius 3 is 2.34 bits per heavy atom. The van der Waals surface area contributed by atoms with Gasteiger partial charge in [0.1, 0.15) is 4.88 Å². The largest absolute Gasteiger partial charge is 0.395 e. The zero-order valence-electron chi connectivity index (χ0n) is 16.5. The summed E-state index contributed by atoms with van der Waals surface area (Å²) in [7, 11) is 0. The number of nitrogens with two attached hydrogens (primary N) is 1. The number of nitrogens with one attached hydrogen (secondary N) is 1. The molecule has 4 rings (SSSR count). The van der Waals surface area contributed by atoms with Crippen molar-refractivity contribution in [1.82, 2.24) is 14.6 Å². The highest BCUT2D eigenvalue weighted by Gasteiger charge is 2.27. The van der Waals surface area contributed by atoms with Crippen molar-refractivity contribution in [3.05, 3.63) is 40.4 Å². The number of rotatable bonds is 5. The third kappa shape index (κ3) is 4.37. The molecule has 0 spiro atoms. The third-order valence-corrected chi connectivity index (χ3v) is 6.50. The van der Waals surface area contributed by atoms with E-state index in [2.05, 4.69) is 26.7 Å². The average Bonchev–Trinajstić information content (AvgIpc) is 3.43. The number of nitrogen functional groups attached to an aromatic ring is 1. The topological polar surface area (TPSA) is 91.6 Å². The van der Waals surface area contributed by atoms with E-state index in [4.69, 9.17) is 5.73 Å². The van der Waals surface area contributed by atoms with Gasteiger partial charge in [0.15, 0.2) is 5.69 Å². The molecule has 0 radical (unpaired) electrons. The van der Waals surface area contributed by atoms with E-state index in [1.54, 1.807) is 4.90 Å². The second-order valence-corrected chi connectivity index (χ2v) is 8.44. The molecule has 0 unspecified atom stereocenters. The van der Waals surface area contributed by atoms with Crippen LogP contribution in [0.4, 0.5) is 11.4 Å². The molecule has 1 aromatic carbocycles. The number of anilines is 2. The van der Waals surface area contributed by atoms with Crippen LogP contribution in [0.5, 0.6) is 0 Å². The standard InChI is InChI=1S/C21H27N5O2S/c22-17-18(21(28)26-12-4-5-13-26)24-29-19(17)20(27)23-14-15-6-8-16(9-7-15)25-10-2-1-3-11-25/h6-9H,1-5,10-14,22H2,(H,23,27). The number of piperidine rings is 1. The number of benzene rings is 1. The number of amides is 2. The van der Waals surface area contributed by atoms with Gasteiger partial charge in [-0.15, -0.1) is 0 Å². The summed E-state index contributed by atoms with van der Waals surface area (Å²) in [6.07, 6.45) is 5.80. The van der Waals surface area contributed by atoms with Crippen LogP contribution in [0.25, 0.3) is 0 Å². The SMILES string of the molecule is Nc1c(C(=O)N2CCCC2)nsc1C(=O)NCc1ccc(N2CCCCC2)cc1. The Morgan fingerprint density at radius 2 is 1.66 bits per heavy atom. The Labute approximate surface area is 175 Å². The van der Waals surface area contributed by atoms with E-state index in [1.807, 2.05) is 12.1 Å². The van der Waals surface area contributed by atoms with Crippen molar-refractivity contribution < 1.29 is 9.59 Å². The van der Waals surface area contributed by atoms with Crippen molar-refractivity contribution in [2.75, 3.05) is 36.8 Å². The van der Waals surface area contributed by atoms with E-state index in [9.17, 15) is 9.59 Å². The van der Waals surface area contributed by atoms with Crippen molar-refractivity contribution in [3.8, 4) is 0 Å². The molecule has 2 amide bonds. The van der Waals surface area contributed by atoms with Crippen LogP contribution < -0.4 is 16.0 Å². The maximum Gasteiger partial charge on any atom is 0.275 e. The molecule has 0 aliphatic carbocycles. The molecular weight excluding hydrogens is 386 g/mol. The fraction of sp³-hybridized carbons (Fsp3) is 0.476. The van der Waals surface area contributed by atoms with E-state index < -0.39 is 0 Å². The van der Waals surface area contributed by atoms with Crippen LogP contribution in [-0.4, -0.2) is 47.3 Å². The summed E-state index contributed by atoms with van der Waals surface area (Å²) in [4.78, 5) is 29.5. The highest BCUT2D eigenvalue weighted by Crippen LogP contribution is 2.25. The molecule has 2 aromatic rings. The minimum Gasteiger partial charge on any atom is -0.395 e. The first-order valence-electron chi connectivity index (χ1n) is 10.3. The first-order valence-corrected chi connectivity index (χ1v) is 11.1. The van der Waals surface area contributed by atoms with Crippen molar-refractivity contribution in [3.63, 3.8) is 0 Å². The summed E-state index contributed by atoms with van der Waals surface area (Å²) in [6, 6.07) is 8.31. The Hall–Kier alpha value is -2.61. The second kappa shape index (κ2) is 8.82. The van der Waals surface area contributed by atoms with Gasteiger partial charge in [0.2, 0.25) is 0 Å². The van der Waals surface area contributed by atoms with Gasteiger partial charge in [0, 0.05) is 38.4 Å². The van der Waals surface area contributed by atoms with Gasteiger partial charge in [-0.25, -0.2) is 0 Å². The molecule has 0 atom stereocenters. The lowest BCUT2D eigenvalue weighted by atomic mass is 10.1. The number of nitrogens with zero attached hydrogens (tertiary/aromatic N) is 3. The molecule has 2 aliphatic rings. The summed E-state index contributed by atoms with van der Waals surface area (Å²) in [5.41, 5.74) is 8.72. The predicted octanol–water partition coefficient (Wildman–Crippen LogP) is 2.88. The number of hydrogen-bond donors (Lipinski definition) is 2. The molecule has 154 valence electrons. The van der Waals surface area contributed by atoms with Gasteiger partial charge in [-0.2, -0.15) is 4.37 Å². The summed E-state index contributed by atoms with van der Waals surface area (Å²) < 4.78 is 4.16. The number of likely N-dealkylation sites (tertiary alicyclic amines) is 1. The molecule has 3 N–H and O–H groups in total. The molecule has 3 heterocycles. The van der Waals surface area contributed by atoms with Crippen LogP contribution in [0.2, 0.25) is 0 Å². The molecule has 8 heteroatoms. The summed E-state index contributed by atoms with van der Waals surface area (Å²) in [6.45, 7) is 4.08. The molecule has 2 fully saturated rings. The fourth-order valence-corrected chi connectivity index (χ4v) is 4.63. The van der Waals surface area contributed by atoms with Crippen LogP contribution in [0, 0.1) is 0 Å². The van der Waals surface area contributed by atoms with Gasteiger partial charge >= 0.3 is 0 Å². The van der Waals surface area contributed by atoms with Gasteiger partial charge < -0.3 is 20.9 Å². The van der Waals surface area contributed by atoms with Gasteiger partial charge in [-0.3, -0.25) is 9.59 Å². The minimum absolute atomic E-state index is 0.177. The van der Waals surface area contributed by atoms with E-state index in [-0.39, 0.29) is 23.2 Å². The van der Waals surface area contributed by atoms with E-state index >= 15 is 0 Å². The quantitative estimate of drug-likeness (QED) is 0.786. The predicted molar refractivity (Wildman–Crippen MR) is 115 cm³/mol. The molecule has 1 aromatic heterocycles. The van der Waals surface area contributed by atoms with Gasteiger partial charge in [-0.1, -0.05) is 12.1 Å². The van der Waals surface area contributed by atoms with Gasteiger partial charge in [0.25, 0.3) is 11.8 Å². The molecule has 0 bridgehead atoms. The number of carbonyl (C=O) groups excluding carboxylic acids is 2. The monoisotopic (exact) mass is 413 g/mol. The van der Waals surface area contributed by atoms with Crippen molar-refractivity contribution in [2.24, 2.45) is 0 Å². The Kier molecular flexibility index (Phi) is 5.99. The first kappa shape index (κ1) is 19.7. The van der Waals surface area contributed by atoms with Crippen LogP contribution in [0.1, 0.15) is 57.8 Å². The molecule has 0 saturated carbocycles. The number of hydrogen-bond acceptors (Lipinski definition) is 6. The number of aromatic nitrogens is 1. The van der Waals surface area contributed by atoms with Gasteiger partial charge in [0.05, 0.1) is 5.69 Å². The maximum absolute atomic E-state index is 12.6. The van der Waals surface area contributed by atoms with Crippen molar-refractivity contribution in [2.45, 2.75) is 38.6 Å². The van der Waals surface area contributed by atoms with Crippen molar-refractivity contribution in [1.29, 1.82) is 0 Å². The lowest BCUT2D eigenvalue weighted by Gasteiger charge is -2.28. The second-order valence-electron chi connectivity index (χ2n) is 7.67. The normalized spacial score (nSPS) is 16.8. The summed E-state index contributed by atoms with van der Waals surface area (Å²) in [5, 5.41) is 2.89. The fourth-order valence-electron chi connectivity index (χ4n) is 3.92. The van der Waals surface area contributed by atoms with Crippen LogP contribution in [0.15, 0.2) is 24.3 Å². The molecule has 29 heavy (non-hydrogen) atoms. The maximum atomic E-state index is 12.6. The number of carbonyl (C=O) groups is 2. The Morgan fingerprint density at radius 1 is 1.00 bits per heavy atom. The average molecular weight is 414 g/mol. The van der Waals surface area contributed by atoms with Crippen LogP contribution in [-0.2, 0) is 6.54 Å². The highest BCUT2D eigenvalue weighted by atomic mass is 32.1. The van der Waals surface area contributed by atoms with Gasteiger partial charge in [-0.05, 0) is 61.3 Å². The molecular formula is C21H27N5O2S. The van der Waals surface area contributed by atoms with E-state index in [0.29, 0.717) is 11.4 Å².